The molecular weight excluding hydrogens is 246 g/mol. The molecule has 1 aromatic rings. The Kier molecular flexibility index (Phi) is 4.68. The molecule has 1 rings (SSSR count). The van der Waals surface area contributed by atoms with Crippen molar-refractivity contribution in [2.75, 3.05) is 7.11 Å². The molecule has 0 unspecified atom stereocenters. The zero-order chi connectivity index (χ0) is 14.1. The van der Waals surface area contributed by atoms with Crippen LogP contribution in [0.3, 0.4) is 0 Å². The first-order valence-corrected chi connectivity index (χ1v) is 6.70. The molecule has 1 aromatic carbocycles. The van der Waals surface area contributed by atoms with Crippen molar-refractivity contribution in [2.24, 2.45) is 5.73 Å². The van der Waals surface area contributed by atoms with Crippen LogP contribution in [-0.4, -0.2) is 12.6 Å². The smallest absolute Gasteiger partial charge is 0.125 e. The Bertz CT molecular complexity index is 433. The quantitative estimate of drug-likeness (QED) is 0.895. The second-order valence-electron chi connectivity index (χ2n) is 5.90. The first-order chi connectivity index (χ1) is 8.17. The van der Waals surface area contributed by atoms with Crippen molar-refractivity contribution in [3.63, 3.8) is 0 Å². The summed E-state index contributed by atoms with van der Waals surface area (Å²) in [6.45, 7) is 10.3. The van der Waals surface area contributed by atoms with E-state index < -0.39 is 0 Å². The minimum atomic E-state index is -0.281. The van der Waals surface area contributed by atoms with Gasteiger partial charge in [0, 0.05) is 16.1 Å². The Morgan fingerprint density at radius 2 is 1.94 bits per heavy atom. The third-order valence-corrected chi connectivity index (χ3v) is 3.48. The molecule has 0 amide bonds. The lowest BCUT2D eigenvalue weighted by Gasteiger charge is -2.25. The standard InChI is InChI=1S/C15H24ClNO/c1-9(2)11-7-13(16)10(3)12(14(11)18-6)8-15(4,5)17/h7,9H,8,17H2,1-6H3. The molecule has 0 saturated carbocycles. The lowest BCUT2D eigenvalue weighted by Crippen LogP contribution is -2.35. The fourth-order valence-electron chi connectivity index (χ4n) is 2.14. The number of rotatable bonds is 4. The van der Waals surface area contributed by atoms with Crippen LogP contribution >= 0.6 is 11.6 Å². The average Bonchev–Trinajstić information content (AvgIpc) is 2.22. The van der Waals surface area contributed by atoms with E-state index in [2.05, 4.69) is 13.8 Å². The van der Waals surface area contributed by atoms with Crippen LogP contribution in [0, 0.1) is 6.92 Å². The van der Waals surface area contributed by atoms with Crippen LogP contribution in [-0.2, 0) is 6.42 Å². The van der Waals surface area contributed by atoms with E-state index in [0.29, 0.717) is 5.92 Å². The van der Waals surface area contributed by atoms with Gasteiger partial charge in [0.2, 0.25) is 0 Å². The number of hydrogen-bond acceptors (Lipinski definition) is 2. The van der Waals surface area contributed by atoms with Crippen molar-refractivity contribution >= 4 is 11.6 Å². The summed E-state index contributed by atoms with van der Waals surface area (Å²) in [7, 11) is 1.71. The van der Waals surface area contributed by atoms with E-state index in [1.54, 1.807) is 7.11 Å². The van der Waals surface area contributed by atoms with Gasteiger partial charge in [-0.2, -0.15) is 0 Å². The third kappa shape index (κ3) is 3.39. The highest BCUT2D eigenvalue weighted by Crippen LogP contribution is 2.37. The van der Waals surface area contributed by atoms with Gasteiger partial charge in [-0.15, -0.1) is 0 Å². The molecule has 0 bridgehead atoms. The summed E-state index contributed by atoms with van der Waals surface area (Å²) < 4.78 is 5.61. The molecule has 0 spiro atoms. The van der Waals surface area contributed by atoms with Gasteiger partial charge in [0.05, 0.1) is 7.11 Å². The van der Waals surface area contributed by atoms with Crippen molar-refractivity contribution in [3.05, 3.63) is 27.8 Å². The molecule has 0 aliphatic carbocycles. The van der Waals surface area contributed by atoms with Gasteiger partial charge in [-0.3, -0.25) is 0 Å². The molecule has 0 atom stereocenters. The molecule has 2 N–H and O–H groups in total. The third-order valence-electron chi connectivity index (χ3n) is 3.09. The maximum Gasteiger partial charge on any atom is 0.125 e. The summed E-state index contributed by atoms with van der Waals surface area (Å²) in [4.78, 5) is 0. The van der Waals surface area contributed by atoms with E-state index in [4.69, 9.17) is 22.1 Å². The summed E-state index contributed by atoms with van der Waals surface area (Å²) >= 11 is 6.32. The average molecular weight is 270 g/mol. The lowest BCUT2D eigenvalue weighted by atomic mass is 9.88. The number of methoxy groups -OCH3 is 1. The highest BCUT2D eigenvalue weighted by atomic mass is 35.5. The van der Waals surface area contributed by atoms with Crippen molar-refractivity contribution < 1.29 is 4.74 Å². The van der Waals surface area contributed by atoms with Crippen molar-refractivity contribution in [1.29, 1.82) is 0 Å². The van der Waals surface area contributed by atoms with E-state index in [1.807, 2.05) is 26.8 Å². The number of benzene rings is 1. The van der Waals surface area contributed by atoms with Crippen LogP contribution in [0.5, 0.6) is 5.75 Å². The van der Waals surface area contributed by atoms with Gasteiger partial charge < -0.3 is 10.5 Å². The van der Waals surface area contributed by atoms with E-state index >= 15 is 0 Å². The predicted molar refractivity (Wildman–Crippen MR) is 78.8 cm³/mol. The fraction of sp³-hybridized carbons (Fsp3) is 0.600. The number of ether oxygens (including phenoxy) is 1. The largest absolute Gasteiger partial charge is 0.496 e. The molecular formula is C15H24ClNO. The van der Waals surface area contributed by atoms with E-state index in [0.717, 1.165) is 33.9 Å². The van der Waals surface area contributed by atoms with E-state index in [-0.39, 0.29) is 5.54 Å². The molecule has 0 aromatic heterocycles. The number of nitrogens with two attached hydrogens (primary N) is 1. The number of hydrogen-bond donors (Lipinski definition) is 1. The Morgan fingerprint density at radius 3 is 2.33 bits per heavy atom. The molecule has 0 radical (unpaired) electrons. The summed E-state index contributed by atoms with van der Waals surface area (Å²) in [5.74, 6) is 1.31. The van der Waals surface area contributed by atoms with Crippen molar-refractivity contribution in [1.82, 2.24) is 0 Å². The van der Waals surface area contributed by atoms with Gasteiger partial charge in [-0.05, 0) is 50.3 Å². The summed E-state index contributed by atoms with van der Waals surface area (Å²) in [6.07, 6.45) is 0.752. The Hall–Kier alpha value is -0.730. The molecule has 0 saturated heterocycles. The maximum absolute atomic E-state index is 6.32. The van der Waals surface area contributed by atoms with E-state index in [1.165, 1.54) is 0 Å². The van der Waals surface area contributed by atoms with Gasteiger partial charge in [0.25, 0.3) is 0 Å². The predicted octanol–water partition coefficient (Wildman–Crippen LogP) is 4.06. The van der Waals surface area contributed by atoms with E-state index in [9.17, 15) is 0 Å². The minimum absolute atomic E-state index is 0.281. The van der Waals surface area contributed by atoms with Gasteiger partial charge >= 0.3 is 0 Å². The molecule has 0 heterocycles. The maximum atomic E-state index is 6.32. The monoisotopic (exact) mass is 269 g/mol. The Labute approximate surface area is 115 Å². The molecule has 0 fully saturated rings. The first kappa shape index (κ1) is 15.3. The zero-order valence-corrected chi connectivity index (χ0v) is 13.0. The second-order valence-corrected chi connectivity index (χ2v) is 6.31. The van der Waals surface area contributed by atoms with Crippen LogP contribution in [0.2, 0.25) is 5.02 Å². The Balaban J connectivity index is 3.45. The van der Waals surface area contributed by atoms with Gasteiger partial charge in [0.1, 0.15) is 5.75 Å². The normalized spacial score (nSPS) is 12.1. The van der Waals surface area contributed by atoms with Crippen LogP contribution < -0.4 is 10.5 Å². The molecule has 18 heavy (non-hydrogen) atoms. The van der Waals surface area contributed by atoms with Gasteiger partial charge in [-0.25, -0.2) is 0 Å². The Morgan fingerprint density at radius 1 is 1.39 bits per heavy atom. The van der Waals surface area contributed by atoms with Crippen LogP contribution in [0.1, 0.15) is 50.3 Å². The van der Waals surface area contributed by atoms with Gasteiger partial charge in [-0.1, -0.05) is 25.4 Å². The SMILES string of the molecule is COc1c(C(C)C)cc(Cl)c(C)c1CC(C)(C)N. The second kappa shape index (κ2) is 5.50. The summed E-state index contributed by atoms with van der Waals surface area (Å²) in [5, 5.41) is 0.791. The first-order valence-electron chi connectivity index (χ1n) is 6.32. The molecule has 3 heteroatoms. The fourth-order valence-corrected chi connectivity index (χ4v) is 2.37. The molecule has 0 aliphatic heterocycles. The van der Waals surface area contributed by atoms with Gasteiger partial charge in [0.15, 0.2) is 0 Å². The topological polar surface area (TPSA) is 35.2 Å². The van der Waals surface area contributed by atoms with Crippen LogP contribution in [0.4, 0.5) is 0 Å². The van der Waals surface area contributed by atoms with Crippen LogP contribution in [0.25, 0.3) is 0 Å². The lowest BCUT2D eigenvalue weighted by molar-refractivity contribution is 0.394. The minimum Gasteiger partial charge on any atom is -0.496 e. The molecule has 0 aliphatic rings. The van der Waals surface area contributed by atoms with Crippen LogP contribution in [0.15, 0.2) is 6.07 Å². The molecule has 102 valence electrons. The highest BCUT2D eigenvalue weighted by molar-refractivity contribution is 6.31. The van der Waals surface area contributed by atoms with Crippen molar-refractivity contribution in [3.8, 4) is 5.75 Å². The van der Waals surface area contributed by atoms with Crippen molar-refractivity contribution in [2.45, 2.75) is 52.5 Å². The highest BCUT2D eigenvalue weighted by Gasteiger charge is 2.22. The number of halogens is 1. The summed E-state index contributed by atoms with van der Waals surface area (Å²) in [6, 6.07) is 2.01. The molecule has 2 nitrogen and oxygen atoms in total. The summed E-state index contributed by atoms with van der Waals surface area (Å²) in [5.41, 5.74) is 9.19. The zero-order valence-electron chi connectivity index (χ0n) is 12.2.